The Labute approximate surface area is 476 Å². The van der Waals surface area contributed by atoms with E-state index in [4.69, 9.17) is 24.7 Å². The van der Waals surface area contributed by atoms with Crippen LogP contribution in [-0.2, 0) is 74.6 Å². The molecule has 0 aliphatic carbocycles. The van der Waals surface area contributed by atoms with Crippen LogP contribution >= 0.6 is 0 Å². The van der Waals surface area contributed by atoms with E-state index in [2.05, 4.69) is 67.8 Å². The summed E-state index contributed by atoms with van der Waals surface area (Å²) in [7, 11) is 6.45. The molecule has 0 aliphatic heterocycles. The van der Waals surface area contributed by atoms with Crippen molar-refractivity contribution in [1.82, 2.24) is 74.0 Å². The molecule has 6 heterocycles. The number of aryl methyl sites for hydroxylation is 4. The van der Waals surface area contributed by atoms with Crippen LogP contribution in [0.1, 0.15) is 91.1 Å². The molecule has 0 atom stereocenters. The Hall–Kier alpha value is -9.11. The lowest BCUT2D eigenvalue weighted by Gasteiger charge is -2.08. The molecule has 0 aromatic carbocycles. The van der Waals surface area contributed by atoms with E-state index in [0.717, 1.165) is 6.42 Å². The molecular formula is C51H72N20O12. The monoisotopic (exact) mass is 1160 g/mol. The van der Waals surface area contributed by atoms with E-state index in [1.165, 1.54) is 50.6 Å². The van der Waals surface area contributed by atoms with Crippen molar-refractivity contribution in [3.05, 3.63) is 90.1 Å². The molecule has 0 unspecified atom stereocenters. The number of carbonyl (C=O) groups excluding carboxylic acids is 8. The van der Waals surface area contributed by atoms with Gasteiger partial charge >= 0.3 is 0 Å². The third-order valence-corrected chi connectivity index (χ3v) is 11.8. The largest absolute Gasteiger partial charge is 0.378 e. The van der Waals surface area contributed by atoms with E-state index in [0.29, 0.717) is 83.9 Å². The van der Waals surface area contributed by atoms with E-state index in [1.54, 1.807) is 60.6 Å². The summed E-state index contributed by atoms with van der Waals surface area (Å²) in [4.78, 5) is 116. The fraction of sp³-hybridized carbons (Fsp3) is 0.471. The zero-order valence-electron chi connectivity index (χ0n) is 47.0. The molecule has 83 heavy (non-hydrogen) atoms. The molecule has 0 bridgehead atoms. The fourth-order valence-electron chi connectivity index (χ4n) is 7.78. The number of hydrogen-bond acceptors (Lipinski definition) is 18. The van der Waals surface area contributed by atoms with E-state index in [1.807, 2.05) is 6.92 Å². The Kier molecular flexibility index (Phi) is 24.6. The normalized spacial score (nSPS) is 11.1. The lowest BCUT2D eigenvalue weighted by Crippen LogP contribution is -2.32. The van der Waals surface area contributed by atoms with E-state index < -0.39 is 41.4 Å². The van der Waals surface area contributed by atoms with Gasteiger partial charge in [0.2, 0.25) is 29.4 Å². The Bertz CT molecular complexity index is 3150. The first-order valence-electron chi connectivity index (χ1n) is 26.7. The van der Waals surface area contributed by atoms with Crippen molar-refractivity contribution >= 4 is 70.3 Å². The van der Waals surface area contributed by atoms with Gasteiger partial charge in [-0.3, -0.25) is 38.4 Å². The molecule has 32 nitrogen and oxygen atoms in total. The Morgan fingerprint density at radius 2 is 1.04 bits per heavy atom. The van der Waals surface area contributed by atoms with Crippen LogP contribution in [0.15, 0.2) is 55.5 Å². The molecular weight excluding hydrogens is 1080 g/mol. The first kappa shape index (κ1) is 63.1. The lowest BCUT2D eigenvalue weighted by molar-refractivity contribution is -0.121. The van der Waals surface area contributed by atoms with E-state index in [-0.39, 0.29) is 97.5 Å². The molecule has 6 aromatic heterocycles. The minimum atomic E-state index is -0.683. The SMILES string of the molecule is CCCNC(=O)CCNC(=O)c1nc(NC(=O)CCNC(=O)c2cc(NC(=O)c3nc(NC(=O)CCNC(=O)c4cc(NC(=O)c5nccn5C)cn4C)cn3C)cn2Cc2cn(CCOCCOCCOCCOCCN)nn2)cn1C. The standard InChI is InChI=1S/C51H72N20O12/c1-6-11-53-41(72)7-12-57-49(77)45-62-39(32-68(45)4)60-43(74)9-14-56-48(76)38-27-35(29-70(38)30-36-31-71(65-64-36)17-19-81-21-23-83-25-24-82-22-20-80-18-10-52)59-51(79)46-63-40(33-69(46)5)61-42(73)8-13-55-47(75)37-26-34(28-67(37)3)58-50(78)44-54-15-16-66(44)2/h15-16,26-29,31-33H,6-14,17-25,30,52H2,1-5H3,(H,53,72)(H,55,75)(H,56,76)(H,57,77)(H,58,78)(H,59,79)(H,60,74)(H,61,73). The summed E-state index contributed by atoms with van der Waals surface area (Å²) in [5.41, 5.74) is 6.75. The van der Waals surface area contributed by atoms with Crippen LogP contribution in [0.4, 0.5) is 23.0 Å². The molecule has 0 aliphatic rings. The van der Waals surface area contributed by atoms with Crippen molar-refractivity contribution in [2.45, 2.75) is 45.7 Å². The highest BCUT2D eigenvalue weighted by molar-refractivity contribution is 6.04. The third-order valence-electron chi connectivity index (χ3n) is 11.8. The van der Waals surface area contributed by atoms with Crippen molar-refractivity contribution in [3.63, 3.8) is 0 Å². The number of anilines is 4. The number of rotatable bonds is 36. The highest BCUT2D eigenvalue weighted by Crippen LogP contribution is 2.19. The molecule has 0 fully saturated rings. The molecule has 448 valence electrons. The van der Waals surface area contributed by atoms with Crippen molar-refractivity contribution < 1.29 is 57.3 Å². The lowest BCUT2D eigenvalue weighted by atomic mass is 10.3. The van der Waals surface area contributed by atoms with Gasteiger partial charge in [0.15, 0.2) is 17.5 Å². The highest BCUT2D eigenvalue weighted by Gasteiger charge is 2.22. The maximum Gasteiger partial charge on any atom is 0.291 e. The summed E-state index contributed by atoms with van der Waals surface area (Å²) >= 11 is 0. The predicted octanol–water partition coefficient (Wildman–Crippen LogP) is -0.640. The quantitative estimate of drug-likeness (QED) is 0.0221. The number of nitrogens with two attached hydrogens (primary N) is 1. The van der Waals surface area contributed by atoms with Crippen LogP contribution in [-0.4, -0.2) is 186 Å². The van der Waals surface area contributed by atoms with Crippen molar-refractivity contribution in [2.75, 3.05) is 107 Å². The molecule has 6 aromatic rings. The van der Waals surface area contributed by atoms with Gasteiger partial charge in [-0.2, -0.15) is 0 Å². The average molecular weight is 1160 g/mol. The summed E-state index contributed by atoms with van der Waals surface area (Å²) in [6, 6.07) is 2.93. The molecule has 0 saturated carbocycles. The van der Waals surface area contributed by atoms with Gasteiger partial charge in [-0.15, -0.1) is 5.10 Å². The fourth-order valence-corrected chi connectivity index (χ4v) is 7.78. The van der Waals surface area contributed by atoms with E-state index in [9.17, 15) is 38.4 Å². The Balaban J connectivity index is 1.01. The van der Waals surface area contributed by atoms with Crippen LogP contribution in [0.2, 0.25) is 0 Å². The third kappa shape index (κ3) is 20.1. The van der Waals surface area contributed by atoms with E-state index >= 15 is 0 Å². The molecule has 0 saturated heterocycles. The maximum absolute atomic E-state index is 13.8. The van der Waals surface area contributed by atoms with Crippen LogP contribution in [0.3, 0.4) is 0 Å². The first-order valence-corrected chi connectivity index (χ1v) is 26.7. The summed E-state index contributed by atoms with van der Waals surface area (Å²) in [5.74, 6) is -3.68. The van der Waals surface area contributed by atoms with Crippen LogP contribution in [0.25, 0.3) is 0 Å². The first-order chi connectivity index (χ1) is 40.0. The minimum absolute atomic E-state index is 0.0118. The summed E-state index contributed by atoms with van der Waals surface area (Å²) in [5, 5.41) is 30.0. The van der Waals surface area contributed by atoms with Crippen LogP contribution in [0, 0.1) is 0 Å². The second-order valence-corrected chi connectivity index (χ2v) is 18.5. The van der Waals surface area contributed by atoms with Gasteiger partial charge in [0, 0.05) is 117 Å². The molecule has 0 radical (unpaired) electrons. The molecule has 10 N–H and O–H groups in total. The van der Waals surface area contributed by atoms with Crippen molar-refractivity contribution in [3.8, 4) is 0 Å². The Morgan fingerprint density at radius 1 is 0.518 bits per heavy atom. The predicted molar refractivity (Wildman–Crippen MR) is 298 cm³/mol. The topological polar surface area (TPSA) is 390 Å². The zero-order valence-corrected chi connectivity index (χ0v) is 47.0. The minimum Gasteiger partial charge on any atom is -0.378 e. The van der Waals surface area contributed by atoms with Crippen molar-refractivity contribution in [2.24, 2.45) is 33.9 Å². The van der Waals surface area contributed by atoms with Gasteiger partial charge in [-0.05, 0) is 18.6 Å². The van der Waals surface area contributed by atoms with Gasteiger partial charge in [0.05, 0.1) is 83.5 Å². The van der Waals surface area contributed by atoms with Crippen molar-refractivity contribution in [1.29, 1.82) is 0 Å². The summed E-state index contributed by atoms with van der Waals surface area (Å²) in [6.45, 7) is 6.50. The van der Waals surface area contributed by atoms with Gasteiger partial charge in [0.1, 0.15) is 17.1 Å². The second kappa shape index (κ2) is 32.4. The van der Waals surface area contributed by atoms with Gasteiger partial charge in [-0.1, -0.05) is 12.1 Å². The second-order valence-electron chi connectivity index (χ2n) is 18.5. The molecule has 32 heteroatoms. The smallest absolute Gasteiger partial charge is 0.291 e. The number of nitrogens with zero attached hydrogens (tertiary/aromatic N) is 11. The van der Waals surface area contributed by atoms with Gasteiger partial charge in [-0.25, -0.2) is 19.6 Å². The number of carbonyl (C=O) groups is 8. The summed E-state index contributed by atoms with van der Waals surface area (Å²) in [6.07, 6.45) is 11.3. The summed E-state index contributed by atoms with van der Waals surface area (Å²) < 4.78 is 31.0. The maximum atomic E-state index is 13.8. The molecule has 0 spiro atoms. The number of hydrogen-bond donors (Lipinski definition) is 9. The number of nitrogens with one attached hydrogen (secondary N) is 8. The Morgan fingerprint density at radius 3 is 1.61 bits per heavy atom. The molecule has 6 rings (SSSR count). The van der Waals surface area contributed by atoms with Gasteiger partial charge < -0.3 is 90.1 Å². The number of amides is 8. The highest BCUT2D eigenvalue weighted by atomic mass is 16.6. The average Bonchev–Trinajstić information content (AvgIpc) is 4.53. The zero-order chi connectivity index (χ0) is 59.7. The molecule has 8 amide bonds. The van der Waals surface area contributed by atoms with Crippen LogP contribution in [0.5, 0.6) is 0 Å². The number of ether oxygens (including phenoxy) is 4. The number of aromatic nitrogens is 11. The van der Waals surface area contributed by atoms with Crippen LogP contribution < -0.4 is 48.3 Å². The number of imidazole rings is 3. The van der Waals surface area contributed by atoms with Gasteiger partial charge in [0.25, 0.3) is 29.5 Å².